The Hall–Kier alpha value is -2.22. The second-order valence-corrected chi connectivity index (χ2v) is 10.7. The Labute approximate surface area is 195 Å². The standard InChI is InChI=1S/C24H27ClN4O2S/c1-32(31)12-2-11-28-19(14-17-13-18(25)3-4-21(17)28)16-29-22-15-27-8-5-20(22)24(23(29)30)6-9-26-10-7-24/h3-5,8,13-15,26H,2,6-7,9-12,16H2,1H3. The molecule has 5 rings (SSSR count). The minimum atomic E-state index is -0.831. The van der Waals surface area contributed by atoms with Gasteiger partial charge in [0.05, 0.1) is 23.8 Å². The SMILES string of the molecule is CS(=O)CCCn1c(CN2C(=O)C3(CCNCC3)c3ccncc32)cc2cc(Cl)ccc21. The number of anilines is 1. The Morgan fingerprint density at radius 2 is 2.03 bits per heavy atom. The van der Waals surface area contributed by atoms with E-state index in [-0.39, 0.29) is 5.91 Å². The first kappa shape index (κ1) is 21.6. The molecule has 0 radical (unpaired) electrons. The van der Waals surface area contributed by atoms with Crippen LogP contribution in [-0.4, -0.2) is 44.8 Å². The minimum absolute atomic E-state index is 0.173. The molecular weight excluding hydrogens is 444 g/mol. The van der Waals surface area contributed by atoms with Gasteiger partial charge in [0.15, 0.2) is 0 Å². The van der Waals surface area contributed by atoms with Gasteiger partial charge in [-0.15, -0.1) is 0 Å². The number of amides is 1. The van der Waals surface area contributed by atoms with Gasteiger partial charge in [-0.3, -0.25) is 14.0 Å². The average molecular weight is 471 g/mol. The first-order valence-corrected chi connectivity index (χ1v) is 13.1. The molecule has 1 saturated heterocycles. The summed E-state index contributed by atoms with van der Waals surface area (Å²) >= 11 is 6.26. The van der Waals surface area contributed by atoms with E-state index in [2.05, 4.69) is 20.9 Å². The number of nitrogens with one attached hydrogen (secondary N) is 1. The number of piperidine rings is 1. The van der Waals surface area contributed by atoms with E-state index in [1.807, 2.05) is 35.4 Å². The molecule has 1 aromatic carbocycles. The van der Waals surface area contributed by atoms with E-state index in [1.54, 1.807) is 12.5 Å². The zero-order valence-corrected chi connectivity index (χ0v) is 19.7. The molecule has 8 heteroatoms. The number of fused-ring (bicyclic) bond motifs is 3. The van der Waals surface area contributed by atoms with Crippen LogP contribution in [-0.2, 0) is 34.1 Å². The lowest BCUT2D eigenvalue weighted by Gasteiger charge is -2.33. The maximum Gasteiger partial charge on any atom is 0.238 e. The highest BCUT2D eigenvalue weighted by Crippen LogP contribution is 2.47. The minimum Gasteiger partial charge on any atom is -0.343 e. The molecule has 2 aromatic heterocycles. The van der Waals surface area contributed by atoms with Crippen molar-refractivity contribution >= 4 is 44.9 Å². The van der Waals surface area contributed by atoms with Gasteiger partial charge in [-0.05, 0) is 68.2 Å². The molecule has 168 valence electrons. The number of carbonyl (C=O) groups excluding carboxylic acids is 1. The second-order valence-electron chi connectivity index (χ2n) is 8.74. The summed E-state index contributed by atoms with van der Waals surface area (Å²) in [5.41, 5.74) is 3.71. The third kappa shape index (κ3) is 3.66. The Morgan fingerprint density at radius 3 is 2.81 bits per heavy atom. The smallest absolute Gasteiger partial charge is 0.238 e. The van der Waals surface area contributed by atoms with Gasteiger partial charge < -0.3 is 14.8 Å². The van der Waals surface area contributed by atoms with Crippen molar-refractivity contribution in [1.29, 1.82) is 0 Å². The van der Waals surface area contributed by atoms with Gasteiger partial charge in [0.1, 0.15) is 0 Å². The molecule has 1 N–H and O–H groups in total. The number of aromatic nitrogens is 2. The lowest BCUT2D eigenvalue weighted by molar-refractivity contribution is -0.124. The number of nitrogens with zero attached hydrogens (tertiary/aromatic N) is 3. The number of carbonyl (C=O) groups is 1. The van der Waals surface area contributed by atoms with E-state index in [0.717, 1.165) is 66.7 Å². The van der Waals surface area contributed by atoms with Crippen molar-refractivity contribution in [3.05, 3.63) is 59.0 Å². The highest BCUT2D eigenvalue weighted by molar-refractivity contribution is 7.84. The molecule has 1 spiro atoms. The molecule has 1 amide bonds. The number of benzene rings is 1. The van der Waals surface area contributed by atoms with Crippen molar-refractivity contribution < 1.29 is 9.00 Å². The quantitative estimate of drug-likeness (QED) is 0.597. The molecule has 1 fully saturated rings. The summed E-state index contributed by atoms with van der Waals surface area (Å²) in [4.78, 5) is 20.1. The van der Waals surface area contributed by atoms with E-state index < -0.39 is 16.2 Å². The summed E-state index contributed by atoms with van der Waals surface area (Å²) < 4.78 is 13.9. The number of aryl methyl sites for hydroxylation is 1. The Kier molecular flexibility index (Phi) is 5.82. The third-order valence-corrected chi connectivity index (χ3v) is 7.90. The van der Waals surface area contributed by atoms with E-state index in [9.17, 15) is 9.00 Å². The fraction of sp³-hybridized carbons (Fsp3) is 0.417. The molecule has 1 unspecified atom stereocenters. The number of rotatable bonds is 6. The molecule has 0 aliphatic carbocycles. The van der Waals surface area contributed by atoms with Crippen molar-refractivity contribution in [2.24, 2.45) is 0 Å². The van der Waals surface area contributed by atoms with E-state index in [0.29, 0.717) is 17.3 Å². The van der Waals surface area contributed by atoms with Crippen LogP contribution in [0.1, 0.15) is 30.5 Å². The molecule has 0 saturated carbocycles. The monoisotopic (exact) mass is 470 g/mol. The molecule has 3 aromatic rings. The fourth-order valence-corrected chi connectivity index (χ4v) is 5.98. The van der Waals surface area contributed by atoms with Crippen molar-refractivity contribution in [2.45, 2.75) is 37.8 Å². The van der Waals surface area contributed by atoms with Gasteiger partial charge in [-0.2, -0.15) is 0 Å². The fourth-order valence-electron chi connectivity index (χ4n) is 5.26. The highest BCUT2D eigenvalue weighted by atomic mass is 35.5. The highest BCUT2D eigenvalue weighted by Gasteiger charge is 2.51. The lowest BCUT2D eigenvalue weighted by Crippen LogP contribution is -2.47. The number of hydrogen-bond donors (Lipinski definition) is 1. The predicted octanol–water partition coefficient (Wildman–Crippen LogP) is 3.63. The summed E-state index contributed by atoms with van der Waals surface area (Å²) in [6, 6.07) is 10.0. The van der Waals surface area contributed by atoms with Crippen molar-refractivity contribution in [1.82, 2.24) is 14.9 Å². The van der Waals surface area contributed by atoms with E-state index in [1.165, 1.54) is 0 Å². The molecule has 0 bridgehead atoms. The van der Waals surface area contributed by atoms with Gasteiger partial charge in [0.25, 0.3) is 0 Å². The molecule has 32 heavy (non-hydrogen) atoms. The lowest BCUT2D eigenvalue weighted by atomic mass is 9.74. The molecule has 4 heterocycles. The molecule has 2 aliphatic heterocycles. The van der Waals surface area contributed by atoms with Crippen LogP contribution in [0.5, 0.6) is 0 Å². The number of pyridine rings is 1. The van der Waals surface area contributed by atoms with Gasteiger partial charge in [-0.25, -0.2) is 0 Å². The molecular formula is C24H27ClN4O2S. The largest absolute Gasteiger partial charge is 0.343 e. The van der Waals surface area contributed by atoms with Crippen LogP contribution in [0, 0.1) is 0 Å². The van der Waals surface area contributed by atoms with Gasteiger partial charge >= 0.3 is 0 Å². The van der Waals surface area contributed by atoms with Gasteiger partial charge in [0, 0.05) is 57.2 Å². The van der Waals surface area contributed by atoms with Crippen LogP contribution in [0.3, 0.4) is 0 Å². The topological polar surface area (TPSA) is 67.2 Å². The van der Waals surface area contributed by atoms with Crippen LogP contribution >= 0.6 is 11.6 Å². The van der Waals surface area contributed by atoms with Gasteiger partial charge in [0.2, 0.25) is 5.91 Å². The number of hydrogen-bond acceptors (Lipinski definition) is 4. The number of halogens is 1. The van der Waals surface area contributed by atoms with Crippen LogP contribution < -0.4 is 10.2 Å². The van der Waals surface area contributed by atoms with E-state index in [4.69, 9.17) is 11.6 Å². The molecule has 2 aliphatic rings. The predicted molar refractivity (Wildman–Crippen MR) is 130 cm³/mol. The molecule has 1 atom stereocenters. The molecule has 6 nitrogen and oxygen atoms in total. The zero-order valence-electron chi connectivity index (χ0n) is 18.1. The first-order chi connectivity index (χ1) is 15.5. The van der Waals surface area contributed by atoms with Crippen LogP contribution in [0.2, 0.25) is 5.02 Å². The van der Waals surface area contributed by atoms with Crippen LogP contribution in [0.4, 0.5) is 5.69 Å². The van der Waals surface area contributed by atoms with Crippen LogP contribution in [0.25, 0.3) is 10.9 Å². The summed E-state index contributed by atoms with van der Waals surface area (Å²) in [6.07, 6.45) is 7.78. The van der Waals surface area contributed by atoms with Crippen molar-refractivity contribution in [3.8, 4) is 0 Å². The summed E-state index contributed by atoms with van der Waals surface area (Å²) in [5.74, 6) is 0.824. The zero-order chi connectivity index (χ0) is 22.3. The Balaban J connectivity index is 1.54. The summed E-state index contributed by atoms with van der Waals surface area (Å²) in [7, 11) is -0.831. The van der Waals surface area contributed by atoms with Crippen LogP contribution in [0.15, 0.2) is 42.7 Å². The second kappa shape index (κ2) is 8.61. The summed E-state index contributed by atoms with van der Waals surface area (Å²) in [6.45, 7) is 2.91. The summed E-state index contributed by atoms with van der Waals surface area (Å²) in [5, 5.41) is 5.13. The van der Waals surface area contributed by atoms with Crippen molar-refractivity contribution in [2.75, 3.05) is 30.0 Å². The normalized spacial score (nSPS) is 18.4. The van der Waals surface area contributed by atoms with E-state index >= 15 is 0 Å². The average Bonchev–Trinajstić information content (AvgIpc) is 3.23. The Bertz CT molecular complexity index is 1200. The Morgan fingerprint density at radius 1 is 1.22 bits per heavy atom. The maximum atomic E-state index is 13.8. The maximum absolute atomic E-state index is 13.8. The first-order valence-electron chi connectivity index (χ1n) is 11.0. The van der Waals surface area contributed by atoms with Gasteiger partial charge in [-0.1, -0.05) is 11.6 Å². The third-order valence-electron chi connectivity index (χ3n) is 6.80. The van der Waals surface area contributed by atoms with Crippen molar-refractivity contribution in [3.63, 3.8) is 0 Å².